The Kier molecular flexibility index (Phi) is 4.52. The second-order valence-corrected chi connectivity index (χ2v) is 4.58. The van der Waals surface area contributed by atoms with Crippen molar-refractivity contribution in [2.45, 2.75) is 19.6 Å². The van der Waals surface area contributed by atoms with E-state index >= 15 is 0 Å². The van der Waals surface area contributed by atoms with Gasteiger partial charge in [0.05, 0.1) is 6.04 Å². The molecule has 0 radical (unpaired) electrons. The van der Waals surface area contributed by atoms with Crippen LogP contribution in [0.5, 0.6) is 0 Å². The topological polar surface area (TPSA) is 34.4 Å². The highest BCUT2D eigenvalue weighted by Gasteiger charge is 2.21. The number of ether oxygens (including phenoxy) is 1. The molecule has 1 aromatic heterocycles. The van der Waals surface area contributed by atoms with Gasteiger partial charge in [-0.2, -0.15) is 0 Å². The molecule has 0 aliphatic carbocycles. The zero-order valence-corrected chi connectivity index (χ0v) is 11.7. The molecule has 20 heavy (non-hydrogen) atoms. The van der Waals surface area contributed by atoms with E-state index in [0.29, 0.717) is 29.3 Å². The van der Waals surface area contributed by atoms with Crippen LogP contribution in [-0.2, 0) is 11.3 Å². The molecule has 0 aliphatic heterocycles. The third kappa shape index (κ3) is 2.89. The van der Waals surface area contributed by atoms with Gasteiger partial charge in [0.2, 0.25) is 0 Å². The minimum absolute atomic E-state index is 0.349. The monoisotopic (exact) mass is 281 g/mol. The molecule has 1 aromatic carbocycles. The van der Waals surface area contributed by atoms with Crippen LogP contribution in [0.15, 0.2) is 28.7 Å². The molecular weight excluding hydrogens is 264 g/mol. The van der Waals surface area contributed by atoms with E-state index in [1.807, 2.05) is 0 Å². The van der Waals surface area contributed by atoms with Crippen LogP contribution < -0.4 is 5.32 Å². The summed E-state index contributed by atoms with van der Waals surface area (Å²) in [7, 11) is 3.27. The van der Waals surface area contributed by atoms with Crippen LogP contribution in [0.25, 0.3) is 0 Å². The van der Waals surface area contributed by atoms with Crippen molar-refractivity contribution in [3.05, 3.63) is 58.5 Å². The number of benzene rings is 1. The Morgan fingerprint density at radius 1 is 1.25 bits per heavy atom. The van der Waals surface area contributed by atoms with Crippen molar-refractivity contribution in [2.75, 3.05) is 14.2 Å². The molecular formula is C15H17F2NO2. The highest BCUT2D eigenvalue weighted by atomic mass is 19.1. The maximum Gasteiger partial charge on any atom is 0.131 e. The van der Waals surface area contributed by atoms with E-state index in [1.54, 1.807) is 33.2 Å². The summed E-state index contributed by atoms with van der Waals surface area (Å²) in [5.41, 5.74) is 0.745. The summed E-state index contributed by atoms with van der Waals surface area (Å²) in [5, 5.41) is 2.98. The maximum atomic E-state index is 14.0. The molecule has 2 aromatic rings. The minimum Gasteiger partial charge on any atom is -0.462 e. The Balaban J connectivity index is 2.38. The van der Waals surface area contributed by atoms with E-state index in [9.17, 15) is 8.78 Å². The molecule has 1 N–H and O–H groups in total. The van der Waals surface area contributed by atoms with Gasteiger partial charge in [0.15, 0.2) is 0 Å². The summed E-state index contributed by atoms with van der Waals surface area (Å²) in [6, 6.07) is 5.45. The summed E-state index contributed by atoms with van der Waals surface area (Å²) in [6.45, 7) is 1.95. The number of rotatable bonds is 5. The number of furan rings is 1. The lowest BCUT2D eigenvalue weighted by Crippen LogP contribution is -2.18. The fraction of sp³-hybridized carbons (Fsp3) is 0.333. The summed E-state index contributed by atoms with van der Waals surface area (Å²) in [5.74, 6) is 0.0595. The molecule has 1 unspecified atom stereocenters. The Labute approximate surface area is 116 Å². The first kappa shape index (κ1) is 14.7. The summed E-state index contributed by atoms with van der Waals surface area (Å²) < 4.78 is 37.9. The summed E-state index contributed by atoms with van der Waals surface area (Å²) in [6.07, 6.45) is 0. The molecule has 5 heteroatoms. The Bertz CT molecular complexity index is 596. The van der Waals surface area contributed by atoms with Gasteiger partial charge >= 0.3 is 0 Å². The van der Waals surface area contributed by atoms with E-state index in [4.69, 9.17) is 9.15 Å². The number of hydrogen-bond acceptors (Lipinski definition) is 3. The van der Waals surface area contributed by atoms with Gasteiger partial charge in [-0.3, -0.25) is 0 Å². The van der Waals surface area contributed by atoms with E-state index < -0.39 is 17.7 Å². The highest BCUT2D eigenvalue weighted by Crippen LogP contribution is 2.27. The molecule has 0 saturated carbocycles. The second kappa shape index (κ2) is 6.15. The average Bonchev–Trinajstić information content (AvgIpc) is 2.85. The molecule has 0 spiro atoms. The molecule has 2 rings (SSSR count). The minimum atomic E-state index is -0.600. The Morgan fingerprint density at radius 3 is 2.65 bits per heavy atom. The van der Waals surface area contributed by atoms with Gasteiger partial charge in [-0.25, -0.2) is 8.78 Å². The second-order valence-electron chi connectivity index (χ2n) is 4.58. The SMILES string of the molecule is CNC(c1ccc(COC)o1)c1cc(C)c(F)cc1F. The first-order chi connectivity index (χ1) is 9.56. The predicted octanol–water partition coefficient (Wildman–Crippen LogP) is 3.32. The fourth-order valence-corrected chi connectivity index (χ4v) is 2.12. The predicted molar refractivity (Wildman–Crippen MR) is 71.4 cm³/mol. The molecule has 0 aliphatic rings. The van der Waals surface area contributed by atoms with Crippen molar-refractivity contribution in [3.63, 3.8) is 0 Å². The largest absolute Gasteiger partial charge is 0.462 e. The van der Waals surface area contributed by atoms with E-state index in [0.717, 1.165) is 6.07 Å². The number of halogens is 2. The quantitative estimate of drug-likeness (QED) is 0.913. The van der Waals surface area contributed by atoms with Gasteiger partial charge in [-0.1, -0.05) is 0 Å². The zero-order chi connectivity index (χ0) is 14.7. The first-order valence-electron chi connectivity index (χ1n) is 6.27. The van der Waals surface area contributed by atoms with Crippen molar-refractivity contribution in [1.29, 1.82) is 0 Å². The Morgan fingerprint density at radius 2 is 2.00 bits per heavy atom. The van der Waals surface area contributed by atoms with Crippen LogP contribution in [0.4, 0.5) is 8.78 Å². The lowest BCUT2D eigenvalue weighted by atomic mass is 10.0. The zero-order valence-electron chi connectivity index (χ0n) is 11.7. The van der Waals surface area contributed by atoms with Crippen LogP contribution in [0.2, 0.25) is 0 Å². The lowest BCUT2D eigenvalue weighted by molar-refractivity contribution is 0.162. The molecule has 0 amide bonds. The molecule has 1 atom stereocenters. The molecule has 108 valence electrons. The third-order valence-corrected chi connectivity index (χ3v) is 3.13. The van der Waals surface area contributed by atoms with Crippen LogP contribution in [0, 0.1) is 18.6 Å². The smallest absolute Gasteiger partial charge is 0.131 e. The van der Waals surface area contributed by atoms with Crippen molar-refractivity contribution in [2.24, 2.45) is 0 Å². The normalized spacial score (nSPS) is 12.7. The first-order valence-corrected chi connectivity index (χ1v) is 6.27. The van der Waals surface area contributed by atoms with Crippen molar-refractivity contribution < 1.29 is 17.9 Å². The van der Waals surface area contributed by atoms with Crippen molar-refractivity contribution in [3.8, 4) is 0 Å². The number of hydrogen-bond donors (Lipinski definition) is 1. The molecule has 0 saturated heterocycles. The van der Waals surface area contributed by atoms with Gasteiger partial charge < -0.3 is 14.5 Å². The van der Waals surface area contributed by atoms with Gasteiger partial charge in [0.25, 0.3) is 0 Å². The van der Waals surface area contributed by atoms with Gasteiger partial charge in [-0.15, -0.1) is 0 Å². The standard InChI is InChI=1S/C15H17F2NO2/c1-9-6-11(13(17)7-12(9)16)15(18-2)14-5-4-10(20-14)8-19-3/h4-7,15,18H,8H2,1-3H3. The van der Waals surface area contributed by atoms with Crippen LogP contribution >= 0.6 is 0 Å². The van der Waals surface area contributed by atoms with Crippen LogP contribution in [0.3, 0.4) is 0 Å². The van der Waals surface area contributed by atoms with Gasteiger partial charge in [0, 0.05) is 18.7 Å². The third-order valence-electron chi connectivity index (χ3n) is 3.13. The van der Waals surface area contributed by atoms with E-state index in [-0.39, 0.29) is 0 Å². The highest BCUT2D eigenvalue weighted by molar-refractivity contribution is 5.33. The molecule has 0 bridgehead atoms. The maximum absolute atomic E-state index is 14.0. The fourth-order valence-electron chi connectivity index (χ4n) is 2.12. The number of aryl methyl sites for hydroxylation is 1. The molecule has 1 heterocycles. The van der Waals surface area contributed by atoms with Crippen LogP contribution in [0.1, 0.15) is 28.7 Å². The molecule has 0 fully saturated rings. The molecule has 3 nitrogen and oxygen atoms in total. The number of methoxy groups -OCH3 is 1. The average molecular weight is 281 g/mol. The van der Waals surface area contributed by atoms with Crippen LogP contribution in [-0.4, -0.2) is 14.2 Å². The van der Waals surface area contributed by atoms with Crippen molar-refractivity contribution in [1.82, 2.24) is 5.32 Å². The van der Waals surface area contributed by atoms with Gasteiger partial charge in [-0.05, 0) is 37.7 Å². The number of nitrogens with one attached hydrogen (secondary N) is 1. The summed E-state index contributed by atoms with van der Waals surface area (Å²) in [4.78, 5) is 0. The van der Waals surface area contributed by atoms with Crippen molar-refractivity contribution >= 4 is 0 Å². The Hall–Kier alpha value is -1.72. The van der Waals surface area contributed by atoms with Gasteiger partial charge in [0.1, 0.15) is 29.8 Å². The van der Waals surface area contributed by atoms with E-state index in [2.05, 4.69) is 5.32 Å². The lowest BCUT2D eigenvalue weighted by Gasteiger charge is -2.16. The van der Waals surface area contributed by atoms with E-state index in [1.165, 1.54) is 6.07 Å². The summed E-state index contributed by atoms with van der Waals surface area (Å²) >= 11 is 0.